The molecule has 1 aliphatic carbocycles. The third-order valence-corrected chi connectivity index (χ3v) is 5.51. The van der Waals surface area contributed by atoms with Gasteiger partial charge in [-0.25, -0.2) is 0 Å². The highest BCUT2D eigenvalue weighted by Gasteiger charge is 2.54. The second-order valence-electron chi connectivity index (χ2n) is 7.26. The molecule has 4 heteroatoms. The van der Waals surface area contributed by atoms with E-state index in [2.05, 4.69) is 6.92 Å². The van der Waals surface area contributed by atoms with Crippen LogP contribution in [0.1, 0.15) is 97.8 Å². The van der Waals surface area contributed by atoms with Crippen molar-refractivity contribution < 1.29 is 19.1 Å². The molecule has 1 aliphatic rings. The van der Waals surface area contributed by atoms with Gasteiger partial charge in [0, 0.05) is 0 Å². The number of hydrogen-bond donors (Lipinski definition) is 0. The lowest BCUT2D eigenvalue weighted by atomic mass is 9.70. The van der Waals surface area contributed by atoms with Crippen LogP contribution in [-0.2, 0) is 19.1 Å². The number of carbonyl (C=O) groups is 2. The maximum Gasteiger partial charge on any atom is 0.323 e. The van der Waals surface area contributed by atoms with Gasteiger partial charge in [0.05, 0.1) is 13.2 Å². The molecule has 0 N–H and O–H groups in total. The van der Waals surface area contributed by atoms with Crippen LogP contribution in [0.15, 0.2) is 0 Å². The Balaban J connectivity index is 2.76. The average molecular weight is 355 g/mol. The van der Waals surface area contributed by atoms with E-state index in [1.165, 1.54) is 32.1 Å². The molecular formula is C21H38O4. The molecule has 0 spiro atoms. The van der Waals surface area contributed by atoms with Crippen LogP contribution in [0.4, 0.5) is 0 Å². The zero-order chi connectivity index (χ0) is 18.5. The molecule has 0 bridgehead atoms. The summed E-state index contributed by atoms with van der Waals surface area (Å²) in [7, 11) is 0. The Morgan fingerprint density at radius 3 is 1.76 bits per heavy atom. The summed E-state index contributed by atoms with van der Waals surface area (Å²) >= 11 is 0. The molecule has 0 heterocycles. The Kier molecular flexibility index (Phi) is 10.8. The van der Waals surface area contributed by atoms with Crippen LogP contribution in [0.3, 0.4) is 0 Å². The molecule has 0 aliphatic heterocycles. The van der Waals surface area contributed by atoms with Gasteiger partial charge in [0.15, 0.2) is 5.41 Å². The normalized spacial score (nSPS) is 15.3. The third-order valence-electron chi connectivity index (χ3n) is 5.51. The fourth-order valence-corrected chi connectivity index (χ4v) is 4.12. The second-order valence-corrected chi connectivity index (χ2v) is 7.26. The van der Waals surface area contributed by atoms with Crippen molar-refractivity contribution in [2.45, 2.75) is 97.8 Å². The molecule has 0 atom stereocenters. The Hall–Kier alpha value is -1.06. The molecule has 0 aromatic heterocycles. The Labute approximate surface area is 154 Å². The van der Waals surface area contributed by atoms with Gasteiger partial charge in [-0.2, -0.15) is 0 Å². The zero-order valence-corrected chi connectivity index (χ0v) is 16.6. The van der Waals surface area contributed by atoms with Gasteiger partial charge in [0.2, 0.25) is 0 Å². The maximum absolute atomic E-state index is 12.9. The van der Waals surface area contributed by atoms with Crippen LogP contribution >= 0.6 is 0 Å². The molecule has 0 saturated heterocycles. The van der Waals surface area contributed by atoms with Crippen molar-refractivity contribution in [1.29, 1.82) is 0 Å². The van der Waals surface area contributed by atoms with Crippen LogP contribution < -0.4 is 0 Å². The standard InChI is InChI=1S/C21H38O4/c1-4-7-8-9-10-11-14-17-21(19(22)24-5-2,20(23)25-6-3)18-15-12-13-16-18/h18H,4-17H2,1-3H3. The molecule has 0 aromatic carbocycles. The molecule has 1 saturated carbocycles. The van der Waals surface area contributed by atoms with Crippen molar-refractivity contribution >= 4 is 11.9 Å². The van der Waals surface area contributed by atoms with Crippen LogP contribution in [0.25, 0.3) is 0 Å². The van der Waals surface area contributed by atoms with Gasteiger partial charge in [-0.05, 0) is 39.0 Å². The summed E-state index contributed by atoms with van der Waals surface area (Å²) in [5, 5.41) is 0. The summed E-state index contributed by atoms with van der Waals surface area (Å²) in [6, 6.07) is 0. The van der Waals surface area contributed by atoms with Crippen molar-refractivity contribution in [3.8, 4) is 0 Å². The molecule has 0 aromatic rings. The lowest BCUT2D eigenvalue weighted by Crippen LogP contribution is -2.47. The molecule has 4 nitrogen and oxygen atoms in total. The molecule has 0 unspecified atom stereocenters. The third kappa shape index (κ3) is 6.31. The summed E-state index contributed by atoms with van der Waals surface area (Å²) < 4.78 is 10.7. The lowest BCUT2D eigenvalue weighted by Gasteiger charge is -2.34. The van der Waals surface area contributed by atoms with Crippen molar-refractivity contribution in [1.82, 2.24) is 0 Å². The van der Waals surface area contributed by atoms with Gasteiger partial charge in [-0.3, -0.25) is 9.59 Å². The highest BCUT2D eigenvalue weighted by atomic mass is 16.6. The number of unbranched alkanes of at least 4 members (excludes halogenated alkanes) is 6. The molecule has 1 rings (SSSR count). The Morgan fingerprint density at radius 1 is 0.800 bits per heavy atom. The number of esters is 2. The predicted molar refractivity (Wildman–Crippen MR) is 100 cm³/mol. The SMILES string of the molecule is CCCCCCCCCC(C(=O)OCC)(C(=O)OCC)C1CCCC1. The van der Waals surface area contributed by atoms with Crippen LogP contribution in [0.2, 0.25) is 0 Å². The fourth-order valence-electron chi connectivity index (χ4n) is 4.12. The van der Waals surface area contributed by atoms with Gasteiger partial charge >= 0.3 is 11.9 Å². The number of ether oxygens (including phenoxy) is 2. The highest BCUT2D eigenvalue weighted by Crippen LogP contribution is 2.45. The minimum absolute atomic E-state index is 0.0747. The van der Waals surface area contributed by atoms with Crippen molar-refractivity contribution in [3.05, 3.63) is 0 Å². The minimum Gasteiger partial charge on any atom is -0.465 e. The maximum atomic E-state index is 12.9. The predicted octanol–water partition coefficient (Wildman–Crippen LogP) is 5.43. The van der Waals surface area contributed by atoms with E-state index < -0.39 is 5.41 Å². The van der Waals surface area contributed by atoms with Crippen molar-refractivity contribution in [2.24, 2.45) is 11.3 Å². The minimum atomic E-state index is -1.08. The van der Waals surface area contributed by atoms with E-state index in [1.807, 2.05) is 0 Å². The first-order valence-electron chi connectivity index (χ1n) is 10.5. The van der Waals surface area contributed by atoms with Gasteiger partial charge in [0.1, 0.15) is 0 Å². The first-order chi connectivity index (χ1) is 12.1. The number of rotatable bonds is 13. The van der Waals surface area contributed by atoms with Gasteiger partial charge in [0.25, 0.3) is 0 Å². The van der Waals surface area contributed by atoms with Gasteiger partial charge < -0.3 is 9.47 Å². The van der Waals surface area contributed by atoms with E-state index in [0.29, 0.717) is 19.6 Å². The monoisotopic (exact) mass is 354 g/mol. The quantitative estimate of drug-likeness (QED) is 0.251. The first-order valence-corrected chi connectivity index (χ1v) is 10.5. The smallest absolute Gasteiger partial charge is 0.323 e. The van der Waals surface area contributed by atoms with Crippen molar-refractivity contribution in [2.75, 3.05) is 13.2 Å². The van der Waals surface area contributed by atoms with E-state index in [4.69, 9.17) is 9.47 Å². The van der Waals surface area contributed by atoms with E-state index in [1.54, 1.807) is 13.8 Å². The summed E-state index contributed by atoms with van der Waals surface area (Å²) in [6.45, 7) is 6.44. The summed E-state index contributed by atoms with van der Waals surface area (Å²) in [5.74, 6) is -0.636. The molecular weight excluding hydrogens is 316 g/mol. The topological polar surface area (TPSA) is 52.6 Å². The molecule has 146 valence electrons. The lowest BCUT2D eigenvalue weighted by molar-refractivity contribution is -0.177. The van der Waals surface area contributed by atoms with Gasteiger partial charge in [-0.1, -0.05) is 64.7 Å². The molecule has 1 fully saturated rings. The fraction of sp³-hybridized carbons (Fsp3) is 0.905. The average Bonchev–Trinajstić information content (AvgIpc) is 3.12. The van der Waals surface area contributed by atoms with Gasteiger partial charge in [-0.15, -0.1) is 0 Å². The number of carbonyl (C=O) groups excluding carboxylic acids is 2. The first kappa shape index (κ1) is 22.0. The number of hydrogen-bond acceptors (Lipinski definition) is 4. The Bertz CT molecular complexity index is 367. The second kappa shape index (κ2) is 12.3. The summed E-state index contributed by atoms with van der Waals surface area (Å²) in [5.41, 5.74) is -1.08. The van der Waals surface area contributed by atoms with Crippen molar-refractivity contribution in [3.63, 3.8) is 0 Å². The van der Waals surface area contributed by atoms with Crippen LogP contribution in [-0.4, -0.2) is 25.2 Å². The zero-order valence-electron chi connectivity index (χ0n) is 16.6. The van der Waals surface area contributed by atoms with E-state index in [-0.39, 0.29) is 17.9 Å². The van der Waals surface area contributed by atoms with E-state index >= 15 is 0 Å². The molecule has 0 amide bonds. The summed E-state index contributed by atoms with van der Waals surface area (Å²) in [6.07, 6.45) is 12.8. The largest absolute Gasteiger partial charge is 0.465 e. The Morgan fingerprint density at radius 2 is 1.28 bits per heavy atom. The van der Waals surface area contributed by atoms with E-state index in [9.17, 15) is 9.59 Å². The highest BCUT2D eigenvalue weighted by molar-refractivity contribution is 6.00. The van der Waals surface area contributed by atoms with Crippen LogP contribution in [0, 0.1) is 11.3 Å². The van der Waals surface area contributed by atoms with E-state index in [0.717, 1.165) is 38.5 Å². The summed E-state index contributed by atoms with van der Waals surface area (Å²) in [4.78, 5) is 25.7. The van der Waals surface area contributed by atoms with Crippen LogP contribution in [0.5, 0.6) is 0 Å². The molecule has 25 heavy (non-hydrogen) atoms. The molecule has 0 radical (unpaired) electrons.